The standard InChI is InChI=1S/C17H25N3O3/c1-22-15-4-3-13(9-16(15)23-2)10-17(21)18-11-14-12-19-5-7-20(14)8-6-19/h3-4,9,14H,5-8,10-12H2,1-2H3,(H,18,21). The highest BCUT2D eigenvalue weighted by Gasteiger charge is 2.31. The van der Waals surface area contributed by atoms with Gasteiger partial charge < -0.3 is 14.8 Å². The van der Waals surface area contributed by atoms with Crippen LogP contribution in [0.2, 0.25) is 0 Å². The maximum atomic E-state index is 12.2. The highest BCUT2D eigenvalue weighted by atomic mass is 16.5. The first-order chi connectivity index (χ1) is 11.2. The maximum Gasteiger partial charge on any atom is 0.224 e. The van der Waals surface area contributed by atoms with Crippen molar-refractivity contribution in [3.05, 3.63) is 23.8 Å². The number of hydrogen-bond donors (Lipinski definition) is 1. The van der Waals surface area contributed by atoms with Gasteiger partial charge in [0.05, 0.1) is 20.6 Å². The number of fused-ring (bicyclic) bond motifs is 3. The van der Waals surface area contributed by atoms with Crippen molar-refractivity contribution in [3.8, 4) is 11.5 Å². The monoisotopic (exact) mass is 319 g/mol. The van der Waals surface area contributed by atoms with Crippen LogP contribution in [0.1, 0.15) is 5.56 Å². The second kappa shape index (κ2) is 7.19. The summed E-state index contributed by atoms with van der Waals surface area (Å²) in [5.74, 6) is 1.38. The summed E-state index contributed by atoms with van der Waals surface area (Å²) >= 11 is 0. The molecule has 6 heteroatoms. The van der Waals surface area contributed by atoms with Gasteiger partial charge in [0, 0.05) is 45.3 Å². The van der Waals surface area contributed by atoms with E-state index in [1.165, 1.54) is 0 Å². The van der Waals surface area contributed by atoms with Gasteiger partial charge in [-0.1, -0.05) is 6.07 Å². The molecule has 3 fully saturated rings. The van der Waals surface area contributed by atoms with Crippen LogP contribution in [0.4, 0.5) is 0 Å². The number of nitrogens with one attached hydrogen (secondary N) is 1. The maximum absolute atomic E-state index is 12.2. The Balaban J connectivity index is 1.51. The number of benzene rings is 1. The quantitative estimate of drug-likeness (QED) is 0.821. The van der Waals surface area contributed by atoms with Crippen molar-refractivity contribution in [2.75, 3.05) is 53.5 Å². The van der Waals surface area contributed by atoms with Crippen LogP contribution in [-0.4, -0.2) is 75.2 Å². The number of nitrogens with zero attached hydrogens (tertiary/aromatic N) is 2. The fourth-order valence-corrected chi connectivity index (χ4v) is 3.39. The minimum absolute atomic E-state index is 0.0508. The minimum atomic E-state index is 0.0508. The van der Waals surface area contributed by atoms with E-state index in [0.29, 0.717) is 24.0 Å². The van der Waals surface area contributed by atoms with Gasteiger partial charge in [-0.25, -0.2) is 0 Å². The Kier molecular flexibility index (Phi) is 5.03. The summed E-state index contributed by atoms with van der Waals surface area (Å²) in [6, 6.07) is 6.04. The largest absolute Gasteiger partial charge is 0.493 e. The normalized spacial score (nSPS) is 25.9. The Bertz CT molecular complexity index is 556. The van der Waals surface area contributed by atoms with Gasteiger partial charge in [0.1, 0.15) is 0 Å². The van der Waals surface area contributed by atoms with E-state index in [0.717, 1.165) is 44.8 Å². The van der Waals surface area contributed by atoms with E-state index in [9.17, 15) is 4.79 Å². The lowest BCUT2D eigenvalue weighted by atomic mass is 10.1. The summed E-state index contributed by atoms with van der Waals surface area (Å²) in [6.45, 7) is 6.36. The molecule has 0 spiro atoms. The molecular formula is C17H25N3O3. The lowest BCUT2D eigenvalue weighted by molar-refractivity contribution is -0.121. The molecule has 3 heterocycles. The molecular weight excluding hydrogens is 294 g/mol. The number of hydrogen-bond acceptors (Lipinski definition) is 5. The SMILES string of the molecule is COc1ccc(CC(=O)NCC2CN3CCN2CC3)cc1OC. The molecule has 1 unspecified atom stereocenters. The lowest BCUT2D eigenvalue weighted by Crippen LogP contribution is -2.63. The second-order valence-electron chi connectivity index (χ2n) is 6.16. The Labute approximate surface area is 137 Å². The summed E-state index contributed by atoms with van der Waals surface area (Å²) in [4.78, 5) is 17.2. The molecule has 1 aromatic rings. The van der Waals surface area contributed by atoms with Gasteiger partial charge in [-0.3, -0.25) is 14.6 Å². The molecule has 3 saturated heterocycles. The van der Waals surface area contributed by atoms with Crippen LogP contribution in [0.15, 0.2) is 18.2 Å². The zero-order chi connectivity index (χ0) is 16.2. The molecule has 0 aromatic heterocycles. The van der Waals surface area contributed by atoms with Crippen LogP contribution in [0.3, 0.4) is 0 Å². The number of methoxy groups -OCH3 is 2. The molecule has 3 aliphatic rings. The van der Waals surface area contributed by atoms with Crippen molar-refractivity contribution < 1.29 is 14.3 Å². The van der Waals surface area contributed by atoms with Crippen molar-refractivity contribution in [2.45, 2.75) is 12.5 Å². The van der Waals surface area contributed by atoms with E-state index < -0.39 is 0 Å². The van der Waals surface area contributed by atoms with Crippen molar-refractivity contribution in [1.29, 1.82) is 0 Å². The Morgan fingerprint density at radius 1 is 1.17 bits per heavy atom. The number of rotatable bonds is 6. The van der Waals surface area contributed by atoms with E-state index in [2.05, 4.69) is 15.1 Å². The molecule has 0 saturated carbocycles. The Morgan fingerprint density at radius 3 is 2.52 bits per heavy atom. The summed E-state index contributed by atoms with van der Waals surface area (Å²) in [5.41, 5.74) is 0.925. The third kappa shape index (κ3) is 3.76. The second-order valence-corrected chi connectivity index (χ2v) is 6.16. The first-order valence-corrected chi connectivity index (χ1v) is 8.13. The summed E-state index contributed by atoms with van der Waals surface area (Å²) in [6.07, 6.45) is 0.358. The molecule has 0 radical (unpaired) electrons. The van der Waals surface area contributed by atoms with Gasteiger partial charge in [0.25, 0.3) is 0 Å². The summed E-state index contributed by atoms with van der Waals surface area (Å²) in [7, 11) is 3.21. The molecule has 23 heavy (non-hydrogen) atoms. The molecule has 1 aromatic carbocycles. The van der Waals surface area contributed by atoms with E-state index >= 15 is 0 Å². The van der Waals surface area contributed by atoms with Crippen LogP contribution < -0.4 is 14.8 Å². The van der Waals surface area contributed by atoms with Crippen molar-refractivity contribution >= 4 is 5.91 Å². The first kappa shape index (κ1) is 16.1. The zero-order valence-electron chi connectivity index (χ0n) is 13.9. The molecule has 1 N–H and O–H groups in total. The average molecular weight is 319 g/mol. The first-order valence-electron chi connectivity index (χ1n) is 8.13. The van der Waals surface area contributed by atoms with Crippen LogP contribution in [0, 0.1) is 0 Å². The lowest BCUT2D eigenvalue weighted by Gasteiger charge is -2.47. The van der Waals surface area contributed by atoms with Crippen LogP contribution in [-0.2, 0) is 11.2 Å². The number of carbonyl (C=O) groups is 1. The third-order valence-electron chi connectivity index (χ3n) is 4.74. The molecule has 0 aliphatic carbocycles. The van der Waals surface area contributed by atoms with E-state index in [4.69, 9.17) is 9.47 Å². The van der Waals surface area contributed by atoms with Crippen LogP contribution in [0.25, 0.3) is 0 Å². The van der Waals surface area contributed by atoms with Crippen LogP contribution in [0.5, 0.6) is 11.5 Å². The third-order valence-corrected chi connectivity index (χ3v) is 4.74. The highest BCUT2D eigenvalue weighted by Crippen LogP contribution is 2.27. The van der Waals surface area contributed by atoms with Crippen LogP contribution >= 0.6 is 0 Å². The molecule has 2 bridgehead atoms. The fraction of sp³-hybridized carbons (Fsp3) is 0.588. The molecule has 1 amide bonds. The number of piperazine rings is 3. The summed E-state index contributed by atoms with van der Waals surface area (Å²) in [5, 5.41) is 3.07. The van der Waals surface area contributed by atoms with Gasteiger partial charge >= 0.3 is 0 Å². The molecule has 1 atom stereocenters. The number of ether oxygens (including phenoxy) is 2. The van der Waals surface area contributed by atoms with Gasteiger partial charge in [0.2, 0.25) is 5.91 Å². The fourth-order valence-electron chi connectivity index (χ4n) is 3.39. The van der Waals surface area contributed by atoms with Crippen molar-refractivity contribution in [3.63, 3.8) is 0 Å². The van der Waals surface area contributed by atoms with Crippen molar-refractivity contribution in [1.82, 2.24) is 15.1 Å². The molecule has 4 rings (SSSR count). The Morgan fingerprint density at radius 2 is 1.91 bits per heavy atom. The summed E-state index contributed by atoms with van der Waals surface area (Å²) < 4.78 is 10.5. The van der Waals surface area contributed by atoms with Gasteiger partial charge in [0.15, 0.2) is 11.5 Å². The van der Waals surface area contributed by atoms with Crippen molar-refractivity contribution in [2.24, 2.45) is 0 Å². The number of carbonyl (C=O) groups excluding carboxylic acids is 1. The van der Waals surface area contributed by atoms with E-state index in [-0.39, 0.29) is 5.91 Å². The van der Waals surface area contributed by atoms with Gasteiger partial charge in [-0.05, 0) is 17.7 Å². The molecule has 3 aliphatic heterocycles. The van der Waals surface area contributed by atoms with Gasteiger partial charge in [-0.2, -0.15) is 0 Å². The molecule has 6 nitrogen and oxygen atoms in total. The van der Waals surface area contributed by atoms with Gasteiger partial charge in [-0.15, -0.1) is 0 Å². The smallest absolute Gasteiger partial charge is 0.224 e. The van der Waals surface area contributed by atoms with E-state index in [1.54, 1.807) is 14.2 Å². The molecule has 126 valence electrons. The predicted octanol–water partition coefficient (Wildman–Crippen LogP) is 0.362. The highest BCUT2D eigenvalue weighted by molar-refractivity contribution is 5.78. The predicted molar refractivity (Wildman–Crippen MR) is 88.1 cm³/mol. The average Bonchev–Trinajstić information content (AvgIpc) is 2.61. The Hall–Kier alpha value is -1.79. The minimum Gasteiger partial charge on any atom is -0.493 e. The zero-order valence-corrected chi connectivity index (χ0v) is 13.9. The topological polar surface area (TPSA) is 54.0 Å². The van der Waals surface area contributed by atoms with E-state index in [1.807, 2.05) is 18.2 Å². The number of amides is 1.